The summed E-state index contributed by atoms with van der Waals surface area (Å²) < 4.78 is 5.59. The van der Waals surface area contributed by atoms with Crippen molar-refractivity contribution in [3.05, 3.63) is 41.6 Å². The highest BCUT2D eigenvalue weighted by Crippen LogP contribution is 2.25. The maximum atomic E-state index is 13.1. The third-order valence-corrected chi connectivity index (χ3v) is 4.85. The first-order valence-electron chi connectivity index (χ1n) is 8.83. The van der Waals surface area contributed by atoms with Crippen LogP contribution in [0.2, 0.25) is 0 Å². The molecule has 0 aromatic carbocycles. The van der Waals surface area contributed by atoms with Crippen molar-refractivity contribution >= 4 is 11.7 Å². The number of aromatic nitrogens is 3. The number of H-pyrrole nitrogens is 1. The molecule has 132 valence electrons. The number of carbonyl (C=O) groups is 1. The zero-order valence-electron chi connectivity index (χ0n) is 14.4. The Morgan fingerprint density at radius 3 is 2.88 bits per heavy atom. The normalized spacial score (nSPS) is 20.9. The minimum absolute atomic E-state index is 0.00481. The summed E-state index contributed by atoms with van der Waals surface area (Å²) in [4.78, 5) is 29.3. The molecule has 2 saturated heterocycles. The van der Waals surface area contributed by atoms with Crippen molar-refractivity contribution in [1.29, 1.82) is 0 Å². The Hall–Kier alpha value is -2.41. The molecule has 2 aromatic rings. The van der Waals surface area contributed by atoms with Crippen molar-refractivity contribution in [2.75, 3.05) is 37.7 Å². The molecule has 1 N–H and O–H groups in total. The highest BCUT2D eigenvalue weighted by Gasteiger charge is 2.31. The molecule has 25 heavy (non-hydrogen) atoms. The van der Waals surface area contributed by atoms with Crippen LogP contribution in [-0.4, -0.2) is 58.6 Å². The Kier molecular flexibility index (Phi) is 4.40. The van der Waals surface area contributed by atoms with Gasteiger partial charge in [0.2, 0.25) is 0 Å². The lowest BCUT2D eigenvalue weighted by Crippen LogP contribution is -2.44. The fourth-order valence-electron chi connectivity index (χ4n) is 3.51. The standard InChI is InChI=1S/C18H23N5O2/c1-13-11-20-17(21-13)15-12-25-9-8-23(15)18(24)14-4-5-19-16(10-14)22-6-2-3-7-22/h4-5,10-11,15H,2-3,6-9,12H2,1H3,(H,20,21). The van der Waals surface area contributed by atoms with Gasteiger partial charge in [-0.3, -0.25) is 4.79 Å². The first-order chi connectivity index (χ1) is 12.2. The Bertz CT molecular complexity index is 753. The maximum Gasteiger partial charge on any atom is 0.254 e. The number of aryl methyl sites for hydroxylation is 1. The van der Waals surface area contributed by atoms with Gasteiger partial charge in [0.1, 0.15) is 17.7 Å². The average Bonchev–Trinajstić information content (AvgIpc) is 3.33. The van der Waals surface area contributed by atoms with Gasteiger partial charge in [0.15, 0.2) is 0 Å². The molecule has 7 nitrogen and oxygen atoms in total. The summed E-state index contributed by atoms with van der Waals surface area (Å²) in [7, 11) is 0. The summed E-state index contributed by atoms with van der Waals surface area (Å²) in [6, 6.07) is 3.52. The molecule has 1 amide bonds. The van der Waals surface area contributed by atoms with Gasteiger partial charge < -0.3 is 19.5 Å². The van der Waals surface area contributed by atoms with E-state index in [2.05, 4.69) is 19.9 Å². The topological polar surface area (TPSA) is 74.3 Å². The van der Waals surface area contributed by atoms with E-state index < -0.39 is 0 Å². The Morgan fingerprint density at radius 1 is 1.28 bits per heavy atom. The van der Waals surface area contributed by atoms with E-state index in [1.54, 1.807) is 18.5 Å². The summed E-state index contributed by atoms with van der Waals surface area (Å²) in [5, 5.41) is 0. The number of morpholine rings is 1. The number of anilines is 1. The number of rotatable bonds is 3. The molecular formula is C18H23N5O2. The predicted molar refractivity (Wildman–Crippen MR) is 93.6 cm³/mol. The van der Waals surface area contributed by atoms with Crippen molar-refractivity contribution in [1.82, 2.24) is 19.9 Å². The Labute approximate surface area is 147 Å². The Balaban J connectivity index is 1.59. The number of ether oxygens (including phenoxy) is 1. The number of hydrogen-bond donors (Lipinski definition) is 1. The van der Waals surface area contributed by atoms with Crippen LogP contribution in [0.3, 0.4) is 0 Å². The molecule has 0 bridgehead atoms. The number of amides is 1. The van der Waals surface area contributed by atoms with Crippen molar-refractivity contribution < 1.29 is 9.53 Å². The van der Waals surface area contributed by atoms with E-state index in [0.29, 0.717) is 25.3 Å². The van der Waals surface area contributed by atoms with E-state index in [-0.39, 0.29) is 11.9 Å². The maximum absolute atomic E-state index is 13.1. The molecule has 0 saturated carbocycles. The van der Waals surface area contributed by atoms with Crippen molar-refractivity contribution in [2.24, 2.45) is 0 Å². The van der Waals surface area contributed by atoms with Gasteiger partial charge in [-0.25, -0.2) is 9.97 Å². The molecule has 2 aliphatic heterocycles. The zero-order valence-corrected chi connectivity index (χ0v) is 14.4. The average molecular weight is 341 g/mol. The second-order valence-electron chi connectivity index (χ2n) is 6.64. The first-order valence-corrected chi connectivity index (χ1v) is 8.83. The SMILES string of the molecule is Cc1cnc(C2COCCN2C(=O)c2ccnc(N3CCCC3)c2)[nH]1. The number of nitrogens with zero attached hydrogens (tertiary/aromatic N) is 4. The minimum Gasteiger partial charge on any atom is -0.377 e. The van der Waals surface area contributed by atoms with Gasteiger partial charge in [-0.05, 0) is 31.9 Å². The van der Waals surface area contributed by atoms with Crippen molar-refractivity contribution in [2.45, 2.75) is 25.8 Å². The highest BCUT2D eigenvalue weighted by molar-refractivity contribution is 5.95. The van der Waals surface area contributed by atoms with Crippen LogP contribution in [0.5, 0.6) is 0 Å². The van der Waals surface area contributed by atoms with Gasteiger partial charge in [0.25, 0.3) is 5.91 Å². The third kappa shape index (κ3) is 3.24. The van der Waals surface area contributed by atoms with E-state index in [1.807, 2.05) is 17.9 Å². The van der Waals surface area contributed by atoms with Gasteiger partial charge in [-0.1, -0.05) is 0 Å². The quantitative estimate of drug-likeness (QED) is 0.923. The predicted octanol–water partition coefficient (Wildman–Crippen LogP) is 1.93. The van der Waals surface area contributed by atoms with Crippen LogP contribution in [-0.2, 0) is 4.74 Å². The van der Waals surface area contributed by atoms with E-state index in [4.69, 9.17) is 4.74 Å². The summed E-state index contributed by atoms with van der Waals surface area (Å²) in [6.45, 7) is 5.55. The van der Waals surface area contributed by atoms with Crippen LogP contribution in [0.25, 0.3) is 0 Å². The summed E-state index contributed by atoms with van der Waals surface area (Å²) in [6.07, 6.45) is 5.88. The van der Waals surface area contributed by atoms with Gasteiger partial charge in [-0.15, -0.1) is 0 Å². The summed E-state index contributed by atoms with van der Waals surface area (Å²) >= 11 is 0. The molecule has 4 heterocycles. The highest BCUT2D eigenvalue weighted by atomic mass is 16.5. The zero-order chi connectivity index (χ0) is 17.2. The van der Waals surface area contributed by atoms with Crippen LogP contribution in [0.1, 0.15) is 40.8 Å². The van der Waals surface area contributed by atoms with E-state index >= 15 is 0 Å². The molecule has 0 spiro atoms. The van der Waals surface area contributed by atoms with E-state index in [9.17, 15) is 4.79 Å². The van der Waals surface area contributed by atoms with Crippen LogP contribution in [0.15, 0.2) is 24.5 Å². The van der Waals surface area contributed by atoms with E-state index in [0.717, 1.165) is 30.4 Å². The first kappa shape index (κ1) is 16.1. The fourth-order valence-corrected chi connectivity index (χ4v) is 3.51. The lowest BCUT2D eigenvalue weighted by atomic mass is 10.1. The largest absolute Gasteiger partial charge is 0.377 e. The molecule has 0 aliphatic carbocycles. The summed E-state index contributed by atoms with van der Waals surface area (Å²) in [5.74, 6) is 1.67. The van der Waals surface area contributed by atoms with Crippen LogP contribution < -0.4 is 4.90 Å². The number of nitrogens with one attached hydrogen (secondary N) is 1. The lowest BCUT2D eigenvalue weighted by molar-refractivity contribution is -0.00501. The van der Waals surface area contributed by atoms with Crippen molar-refractivity contribution in [3.63, 3.8) is 0 Å². The number of pyridine rings is 1. The second kappa shape index (κ2) is 6.84. The van der Waals surface area contributed by atoms with E-state index in [1.165, 1.54) is 12.8 Å². The van der Waals surface area contributed by atoms with Crippen LogP contribution in [0.4, 0.5) is 5.82 Å². The van der Waals surface area contributed by atoms with Crippen molar-refractivity contribution in [3.8, 4) is 0 Å². The van der Waals surface area contributed by atoms with Gasteiger partial charge in [-0.2, -0.15) is 0 Å². The number of imidazole rings is 1. The number of carbonyl (C=O) groups excluding carboxylic acids is 1. The molecular weight excluding hydrogens is 318 g/mol. The molecule has 4 rings (SSSR count). The molecule has 1 atom stereocenters. The van der Waals surface area contributed by atoms with Gasteiger partial charge >= 0.3 is 0 Å². The lowest BCUT2D eigenvalue weighted by Gasteiger charge is -2.34. The summed E-state index contributed by atoms with van der Waals surface area (Å²) in [5.41, 5.74) is 1.65. The third-order valence-electron chi connectivity index (χ3n) is 4.85. The molecule has 2 aliphatic rings. The fraction of sp³-hybridized carbons (Fsp3) is 0.500. The smallest absolute Gasteiger partial charge is 0.254 e. The number of hydrogen-bond acceptors (Lipinski definition) is 5. The van der Waals surface area contributed by atoms with Crippen LogP contribution >= 0.6 is 0 Å². The molecule has 2 fully saturated rings. The second-order valence-corrected chi connectivity index (χ2v) is 6.64. The van der Waals surface area contributed by atoms with Gasteiger partial charge in [0, 0.05) is 43.3 Å². The molecule has 7 heteroatoms. The molecule has 0 radical (unpaired) electrons. The molecule has 2 aromatic heterocycles. The number of aromatic amines is 1. The monoisotopic (exact) mass is 341 g/mol. The van der Waals surface area contributed by atoms with Crippen LogP contribution in [0, 0.1) is 6.92 Å². The van der Waals surface area contributed by atoms with Gasteiger partial charge in [0.05, 0.1) is 13.2 Å². The Morgan fingerprint density at radius 2 is 2.12 bits per heavy atom. The molecule has 1 unspecified atom stereocenters. The minimum atomic E-state index is -0.182.